The molecule has 7 heteroatoms. The maximum Gasteiger partial charge on any atom is 0.257 e. The van der Waals surface area contributed by atoms with E-state index in [-0.39, 0.29) is 12.0 Å². The summed E-state index contributed by atoms with van der Waals surface area (Å²) in [6.45, 7) is 6.50. The van der Waals surface area contributed by atoms with Crippen molar-refractivity contribution in [2.45, 2.75) is 20.0 Å². The highest BCUT2D eigenvalue weighted by Crippen LogP contribution is 2.26. The van der Waals surface area contributed by atoms with Gasteiger partial charge in [-0.2, -0.15) is 0 Å². The number of amides is 1. The Morgan fingerprint density at radius 2 is 1.77 bits per heavy atom. The van der Waals surface area contributed by atoms with Gasteiger partial charge in [-0.25, -0.2) is 4.98 Å². The number of rotatable bonds is 4. The van der Waals surface area contributed by atoms with Crippen molar-refractivity contribution in [2.75, 3.05) is 31.1 Å². The Hall–Kier alpha value is -1.98. The van der Waals surface area contributed by atoms with Crippen LogP contribution in [0.5, 0.6) is 5.75 Å². The zero-order chi connectivity index (χ0) is 18.7. The topological polar surface area (TPSA) is 45.7 Å². The van der Waals surface area contributed by atoms with Crippen LogP contribution in [0.3, 0.4) is 0 Å². The van der Waals surface area contributed by atoms with Crippen molar-refractivity contribution >= 4 is 34.9 Å². The van der Waals surface area contributed by atoms with Crippen LogP contribution in [0.15, 0.2) is 36.5 Å². The van der Waals surface area contributed by atoms with Crippen molar-refractivity contribution in [1.29, 1.82) is 0 Å². The molecule has 138 valence electrons. The van der Waals surface area contributed by atoms with Crippen LogP contribution < -0.4 is 9.64 Å². The van der Waals surface area contributed by atoms with Gasteiger partial charge in [0.05, 0.1) is 16.7 Å². The van der Waals surface area contributed by atoms with E-state index in [1.807, 2.05) is 30.9 Å². The number of anilines is 1. The van der Waals surface area contributed by atoms with Gasteiger partial charge in [0.1, 0.15) is 11.6 Å². The van der Waals surface area contributed by atoms with E-state index < -0.39 is 0 Å². The summed E-state index contributed by atoms with van der Waals surface area (Å²) in [6, 6.07) is 8.88. The number of piperazine rings is 1. The SMILES string of the molecule is CC(C)Oc1ccc(Cl)cc1C(=O)N1CCN(c2ccc(Cl)cn2)CC1. The molecule has 0 bridgehead atoms. The number of carbonyl (C=O) groups excluding carboxylic acids is 1. The lowest BCUT2D eigenvalue weighted by Gasteiger charge is -2.35. The monoisotopic (exact) mass is 393 g/mol. The van der Waals surface area contributed by atoms with Gasteiger partial charge >= 0.3 is 0 Å². The molecule has 1 aromatic carbocycles. The van der Waals surface area contributed by atoms with Gasteiger partial charge in [-0.1, -0.05) is 23.2 Å². The lowest BCUT2D eigenvalue weighted by atomic mass is 10.1. The first-order chi connectivity index (χ1) is 12.4. The predicted molar refractivity (Wildman–Crippen MR) is 105 cm³/mol. The number of halogens is 2. The molecule has 0 atom stereocenters. The fraction of sp³-hybridized carbons (Fsp3) is 0.368. The number of hydrogen-bond donors (Lipinski definition) is 0. The number of ether oxygens (including phenoxy) is 1. The molecule has 2 heterocycles. The van der Waals surface area contributed by atoms with E-state index in [0.717, 1.165) is 5.82 Å². The van der Waals surface area contributed by atoms with E-state index in [9.17, 15) is 4.79 Å². The largest absolute Gasteiger partial charge is 0.490 e. The van der Waals surface area contributed by atoms with E-state index in [1.165, 1.54) is 0 Å². The van der Waals surface area contributed by atoms with Gasteiger partial charge in [-0.05, 0) is 44.2 Å². The number of carbonyl (C=O) groups is 1. The number of nitrogens with zero attached hydrogens (tertiary/aromatic N) is 3. The molecule has 1 aliphatic heterocycles. The van der Waals surface area contributed by atoms with Crippen molar-refractivity contribution < 1.29 is 9.53 Å². The number of hydrogen-bond acceptors (Lipinski definition) is 4. The minimum absolute atomic E-state index is 0.0180. The predicted octanol–water partition coefficient (Wildman–Crippen LogP) is 4.14. The molecule has 5 nitrogen and oxygen atoms in total. The van der Waals surface area contributed by atoms with Gasteiger partial charge in [-0.3, -0.25) is 4.79 Å². The molecular weight excluding hydrogens is 373 g/mol. The summed E-state index contributed by atoms with van der Waals surface area (Å²) < 4.78 is 5.77. The van der Waals surface area contributed by atoms with Gasteiger partial charge in [0.25, 0.3) is 5.91 Å². The molecule has 0 aliphatic carbocycles. The molecule has 0 spiro atoms. The van der Waals surface area contributed by atoms with Crippen LogP contribution in [0.2, 0.25) is 10.0 Å². The Labute approximate surface area is 163 Å². The van der Waals surface area contributed by atoms with Crippen LogP contribution in [-0.4, -0.2) is 48.1 Å². The second-order valence-corrected chi connectivity index (χ2v) is 7.29. The normalized spacial score (nSPS) is 14.7. The fourth-order valence-electron chi connectivity index (χ4n) is 2.89. The number of benzene rings is 1. The van der Waals surface area contributed by atoms with Crippen LogP contribution >= 0.6 is 23.2 Å². The van der Waals surface area contributed by atoms with Gasteiger partial charge in [-0.15, -0.1) is 0 Å². The highest BCUT2D eigenvalue weighted by molar-refractivity contribution is 6.31. The van der Waals surface area contributed by atoms with Crippen LogP contribution in [-0.2, 0) is 0 Å². The first-order valence-corrected chi connectivity index (χ1v) is 9.31. The van der Waals surface area contributed by atoms with Crippen molar-refractivity contribution in [3.05, 3.63) is 52.1 Å². The first-order valence-electron chi connectivity index (χ1n) is 8.56. The Kier molecular flexibility index (Phi) is 5.89. The maximum absolute atomic E-state index is 13.0. The molecule has 1 amide bonds. The molecule has 1 saturated heterocycles. The highest BCUT2D eigenvalue weighted by atomic mass is 35.5. The third-order valence-corrected chi connectivity index (χ3v) is 4.60. The molecule has 0 saturated carbocycles. The average Bonchev–Trinajstić information content (AvgIpc) is 2.63. The smallest absolute Gasteiger partial charge is 0.257 e. The van der Waals surface area contributed by atoms with Crippen LogP contribution in [0, 0.1) is 0 Å². The number of aromatic nitrogens is 1. The Bertz CT molecular complexity index is 773. The van der Waals surface area contributed by atoms with Crippen LogP contribution in [0.25, 0.3) is 0 Å². The van der Waals surface area contributed by atoms with Gasteiger partial charge in [0, 0.05) is 37.4 Å². The summed E-state index contributed by atoms with van der Waals surface area (Å²) >= 11 is 12.0. The molecule has 1 aromatic heterocycles. The quantitative estimate of drug-likeness (QED) is 0.782. The van der Waals surface area contributed by atoms with Gasteiger partial charge in [0.15, 0.2) is 0 Å². The summed E-state index contributed by atoms with van der Waals surface area (Å²) in [5, 5.41) is 1.13. The Morgan fingerprint density at radius 3 is 2.38 bits per heavy atom. The summed E-state index contributed by atoms with van der Waals surface area (Å²) in [5.74, 6) is 1.37. The van der Waals surface area contributed by atoms with E-state index in [1.54, 1.807) is 24.4 Å². The second-order valence-electron chi connectivity index (χ2n) is 6.42. The molecule has 0 radical (unpaired) electrons. The average molecular weight is 394 g/mol. The van der Waals surface area contributed by atoms with Crippen molar-refractivity contribution in [1.82, 2.24) is 9.88 Å². The lowest BCUT2D eigenvalue weighted by Crippen LogP contribution is -2.49. The first kappa shape index (κ1) is 18.8. The van der Waals surface area contributed by atoms with E-state index in [2.05, 4.69) is 9.88 Å². The molecule has 3 rings (SSSR count). The summed E-state index contributed by atoms with van der Waals surface area (Å²) in [4.78, 5) is 21.3. The molecule has 1 aliphatic rings. The van der Waals surface area contributed by atoms with E-state index >= 15 is 0 Å². The van der Waals surface area contributed by atoms with Crippen LogP contribution in [0.1, 0.15) is 24.2 Å². The molecular formula is C19H21Cl2N3O2. The molecule has 0 N–H and O–H groups in total. The van der Waals surface area contributed by atoms with Gasteiger partial charge < -0.3 is 14.5 Å². The summed E-state index contributed by atoms with van der Waals surface area (Å²) in [6.07, 6.45) is 1.62. The summed E-state index contributed by atoms with van der Waals surface area (Å²) in [5.41, 5.74) is 0.504. The molecule has 1 fully saturated rings. The third kappa shape index (κ3) is 4.40. The third-order valence-electron chi connectivity index (χ3n) is 4.14. The van der Waals surface area contributed by atoms with Crippen molar-refractivity contribution in [3.8, 4) is 5.75 Å². The lowest BCUT2D eigenvalue weighted by molar-refractivity contribution is 0.0740. The van der Waals surface area contributed by atoms with E-state index in [0.29, 0.717) is 47.5 Å². The minimum Gasteiger partial charge on any atom is -0.490 e. The Balaban J connectivity index is 1.70. The van der Waals surface area contributed by atoms with Crippen molar-refractivity contribution in [2.24, 2.45) is 0 Å². The zero-order valence-corrected chi connectivity index (χ0v) is 16.3. The fourth-order valence-corrected chi connectivity index (χ4v) is 3.17. The molecule has 26 heavy (non-hydrogen) atoms. The van der Waals surface area contributed by atoms with Crippen molar-refractivity contribution in [3.63, 3.8) is 0 Å². The van der Waals surface area contributed by atoms with Gasteiger partial charge in [0.2, 0.25) is 0 Å². The van der Waals surface area contributed by atoms with Crippen LogP contribution in [0.4, 0.5) is 5.82 Å². The number of pyridine rings is 1. The highest BCUT2D eigenvalue weighted by Gasteiger charge is 2.25. The Morgan fingerprint density at radius 1 is 1.08 bits per heavy atom. The molecule has 0 unspecified atom stereocenters. The minimum atomic E-state index is -0.0631. The second kappa shape index (κ2) is 8.14. The molecule has 2 aromatic rings. The zero-order valence-electron chi connectivity index (χ0n) is 14.8. The summed E-state index contributed by atoms with van der Waals surface area (Å²) in [7, 11) is 0. The van der Waals surface area contributed by atoms with E-state index in [4.69, 9.17) is 27.9 Å². The maximum atomic E-state index is 13.0. The standard InChI is InChI=1S/C19H21Cl2N3O2/c1-13(2)26-17-5-3-14(20)11-16(17)19(25)24-9-7-23(8-10-24)18-6-4-15(21)12-22-18/h3-6,11-13H,7-10H2,1-2H3.